The monoisotopic (exact) mass is 388 g/mol. The van der Waals surface area contributed by atoms with Crippen LogP contribution in [0.25, 0.3) is 27.9 Å². The smallest absolute Gasteiger partial charge is 0.450 e. The van der Waals surface area contributed by atoms with Crippen LogP contribution in [0.3, 0.4) is 0 Å². The van der Waals surface area contributed by atoms with Gasteiger partial charge in [-0.3, -0.25) is 4.57 Å². The Kier molecular flexibility index (Phi) is 3.35. The highest BCUT2D eigenvalue weighted by Crippen LogP contribution is 2.35. The van der Waals surface area contributed by atoms with Crippen molar-refractivity contribution in [3.63, 3.8) is 0 Å². The van der Waals surface area contributed by atoms with E-state index in [2.05, 4.69) is 20.2 Å². The van der Waals surface area contributed by atoms with E-state index in [9.17, 15) is 31.5 Å². The number of pyridine rings is 2. The van der Waals surface area contributed by atoms with Crippen molar-refractivity contribution in [2.24, 2.45) is 0 Å². The van der Waals surface area contributed by atoms with Crippen LogP contribution in [0.5, 0.6) is 0 Å². The third-order valence-electron chi connectivity index (χ3n) is 3.73. The summed E-state index contributed by atoms with van der Waals surface area (Å²) >= 11 is 0. The van der Waals surface area contributed by atoms with Gasteiger partial charge in [-0.25, -0.2) is 14.7 Å². The Bertz CT molecular complexity index is 1170. The highest BCUT2D eigenvalue weighted by Gasteiger charge is 2.40. The quantitative estimate of drug-likeness (QED) is 0.309. The Morgan fingerprint density at radius 3 is 2.44 bits per heavy atom. The van der Waals surface area contributed by atoms with Crippen molar-refractivity contribution in [1.82, 2.24) is 24.7 Å². The van der Waals surface area contributed by atoms with Crippen molar-refractivity contribution >= 4 is 22.2 Å². The molecule has 0 aliphatic carbocycles. The molecule has 4 aromatic heterocycles. The first kappa shape index (κ1) is 17.1. The van der Waals surface area contributed by atoms with E-state index in [1.165, 1.54) is 6.20 Å². The number of nitrogens with zero attached hydrogens (tertiary/aromatic N) is 5. The molecular weight excluding hydrogens is 382 g/mol. The minimum Gasteiger partial charge on any atom is -0.710 e. The number of aromatic amines is 1. The average molecular weight is 388 g/mol. The van der Waals surface area contributed by atoms with Gasteiger partial charge in [-0.05, 0) is 18.2 Å². The molecule has 0 radical (unpaired) electrons. The van der Waals surface area contributed by atoms with Crippen LogP contribution >= 0.6 is 0 Å². The molecule has 0 saturated heterocycles. The van der Waals surface area contributed by atoms with Gasteiger partial charge in [0.15, 0.2) is 5.65 Å². The van der Waals surface area contributed by atoms with Crippen LogP contribution in [-0.2, 0) is 12.4 Å². The lowest BCUT2D eigenvalue weighted by molar-refractivity contribution is -0.578. The molecule has 0 aliphatic rings. The molecule has 27 heavy (non-hydrogen) atoms. The van der Waals surface area contributed by atoms with Crippen LogP contribution in [0.15, 0.2) is 30.6 Å². The van der Waals surface area contributed by atoms with Gasteiger partial charge in [0.1, 0.15) is 17.4 Å². The maximum Gasteiger partial charge on any atom is 0.450 e. The van der Waals surface area contributed by atoms with Crippen molar-refractivity contribution in [3.05, 3.63) is 47.3 Å². The Morgan fingerprint density at radius 2 is 1.78 bits per heavy atom. The number of hydrogen-bond acceptors (Lipinski definition) is 4. The summed E-state index contributed by atoms with van der Waals surface area (Å²) in [5.74, 6) is -1.51. The minimum absolute atomic E-state index is 0.0272. The molecule has 140 valence electrons. The van der Waals surface area contributed by atoms with E-state index in [4.69, 9.17) is 0 Å². The first-order chi connectivity index (χ1) is 12.6. The summed E-state index contributed by atoms with van der Waals surface area (Å²) < 4.78 is 79.7. The van der Waals surface area contributed by atoms with Crippen molar-refractivity contribution in [2.75, 3.05) is 0 Å². The summed E-state index contributed by atoms with van der Waals surface area (Å²) in [5, 5.41) is 18.1. The normalized spacial score (nSPS) is 13.0. The Hall–Kier alpha value is -3.38. The van der Waals surface area contributed by atoms with Gasteiger partial charge >= 0.3 is 18.0 Å². The van der Waals surface area contributed by atoms with Crippen LogP contribution in [0.4, 0.5) is 26.3 Å². The number of alkyl halides is 6. The first-order valence-corrected chi connectivity index (χ1v) is 7.16. The summed E-state index contributed by atoms with van der Waals surface area (Å²) in [4.78, 5) is 6.65. The predicted octanol–water partition coefficient (Wildman–Crippen LogP) is 2.97. The topological polar surface area (TPSA) is 86.3 Å². The third-order valence-corrected chi connectivity index (χ3v) is 3.73. The molecule has 4 heterocycles. The van der Waals surface area contributed by atoms with Gasteiger partial charge in [-0.1, -0.05) is 5.10 Å². The predicted molar refractivity (Wildman–Crippen MR) is 77.5 cm³/mol. The van der Waals surface area contributed by atoms with Gasteiger partial charge in [0.05, 0.1) is 17.3 Å². The van der Waals surface area contributed by atoms with Crippen LogP contribution in [-0.4, -0.2) is 24.7 Å². The minimum atomic E-state index is -5.00. The molecule has 0 atom stereocenters. The van der Waals surface area contributed by atoms with Gasteiger partial charge in [0, 0.05) is 0 Å². The number of aromatic nitrogens is 6. The van der Waals surface area contributed by atoms with E-state index in [1.54, 1.807) is 0 Å². The maximum absolute atomic E-state index is 13.4. The molecule has 1 N–H and O–H groups in total. The van der Waals surface area contributed by atoms with Crippen LogP contribution in [0.1, 0.15) is 11.5 Å². The van der Waals surface area contributed by atoms with Gasteiger partial charge in [-0.2, -0.15) is 26.3 Å². The largest absolute Gasteiger partial charge is 0.710 e. The van der Waals surface area contributed by atoms with Crippen molar-refractivity contribution in [2.45, 2.75) is 12.4 Å². The molecule has 0 spiro atoms. The Balaban J connectivity index is 2.09. The molecule has 0 fully saturated rings. The van der Waals surface area contributed by atoms with E-state index in [1.807, 2.05) is 0 Å². The van der Waals surface area contributed by atoms with E-state index < -0.39 is 35.0 Å². The summed E-state index contributed by atoms with van der Waals surface area (Å²) in [5.41, 5.74) is -2.86. The van der Waals surface area contributed by atoms with Gasteiger partial charge < -0.3 is 5.21 Å². The molecule has 0 amide bonds. The maximum atomic E-state index is 13.4. The van der Waals surface area contributed by atoms with E-state index in [0.717, 1.165) is 18.3 Å². The number of imidazole rings is 1. The van der Waals surface area contributed by atoms with Crippen molar-refractivity contribution < 1.29 is 31.1 Å². The number of hydrogen-bond donors (Lipinski definition) is 1. The second-order valence-corrected chi connectivity index (χ2v) is 5.50. The van der Waals surface area contributed by atoms with Crippen molar-refractivity contribution in [3.8, 4) is 5.69 Å². The zero-order valence-electron chi connectivity index (χ0n) is 12.8. The van der Waals surface area contributed by atoms with E-state index in [0.29, 0.717) is 10.6 Å². The lowest BCUT2D eigenvalue weighted by Crippen LogP contribution is -2.28. The van der Waals surface area contributed by atoms with Gasteiger partial charge in [-0.15, -0.1) is 5.10 Å². The van der Waals surface area contributed by atoms with Crippen molar-refractivity contribution in [1.29, 1.82) is 0 Å². The number of fused-ring (bicyclic) bond motifs is 2. The lowest BCUT2D eigenvalue weighted by atomic mass is 10.3. The highest BCUT2D eigenvalue weighted by atomic mass is 19.4. The summed E-state index contributed by atoms with van der Waals surface area (Å²) in [6.07, 6.45) is -7.92. The van der Waals surface area contributed by atoms with Gasteiger partial charge in [0.2, 0.25) is 5.82 Å². The summed E-state index contributed by atoms with van der Waals surface area (Å²) in [6.45, 7) is 0. The number of H-pyrrole nitrogens is 1. The first-order valence-electron chi connectivity index (χ1n) is 7.16. The van der Waals surface area contributed by atoms with E-state index in [-0.39, 0.29) is 21.5 Å². The fourth-order valence-electron chi connectivity index (χ4n) is 2.62. The number of nitrogens with one attached hydrogen (secondary N) is 1. The lowest BCUT2D eigenvalue weighted by Gasteiger charge is -2.13. The summed E-state index contributed by atoms with van der Waals surface area (Å²) in [6, 6.07) is 2.48. The third kappa shape index (κ3) is 2.71. The molecule has 13 heteroatoms. The second-order valence-electron chi connectivity index (χ2n) is 5.50. The molecule has 0 aromatic carbocycles. The Labute approximate surface area is 144 Å². The zero-order chi connectivity index (χ0) is 19.6. The fraction of sp³-hybridized carbons (Fsp3) is 0.143. The standard InChI is InChI=1S/C14H6F6N6O/c15-13(16,17)9-2-1-8-11(23-9)26(12(22-8)14(18,19)20)7-3-6-4-21-24-10(6)25(27)5-7/h1-5H,(H,21,24). The molecule has 0 aliphatic heterocycles. The molecular formula is C14H6F6N6O. The molecule has 4 rings (SSSR count). The van der Waals surface area contributed by atoms with Crippen LogP contribution in [0, 0.1) is 5.21 Å². The average Bonchev–Trinajstić information content (AvgIpc) is 3.17. The highest BCUT2D eigenvalue weighted by molar-refractivity contribution is 5.77. The second kappa shape index (κ2) is 5.31. The molecule has 0 saturated carbocycles. The van der Waals surface area contributed by atoms with Crippen LogP contribution < -0.4 is 4.73 Å². The Morgan fingerprint density at radius 1 is 1.04 bits per heavy atom. The zero-order valence-corrected chi connectivity index (χ0v) is 12.8. The fourth-order valence-corrected chi connectivity index (χ4v) is 2.62. The molecule has 4 aromatic rings. The SMILES string of the molecule is [O-][n+]1cc(-n2c(C(F)(F)F)nc3ccc(C(F)(F)F)nc32)cc2cn[nH]c21. The number of halogens is 6. The number of rotatable bonds is 1. The summed E-state index contributed by atoms with van der Waals surface area (Å²) in [7, 11) is 0. The van der Waals surface area contributed by atoms with Crippen LogP contribution in [0.2, 0.25) is 0 Å². The molecule has 7 nitrogen and oxygen atoms in total. The van der Waals surface area contributed by atoms with Gasteiger partial charge in [0.25, 0.3) is 0 Å². The van der Waals surface area contributed by atoms with E-state index >= 15 is 0 Å². The molecule has 0 bridgehead atoms. The molecule has 0 unspecified atom stereocenters.